The van der Waals surface area contributed by atoms with Gasteiger partial charge in [-0.15, -0.1) is 11.3 Å². The topological polar surface area (TPSA) is 32.3 Å². The van der Waals surface area contributed by atoms with Crippen molar-refractivity contribution in [2.45, 2.75) is 19.9 Å². The molecule has 0 aliphatic rings. The van der Waals surface area contributed by atoms with Crippen molar-refractivity contribution in [1.29, 1.82) is 0 Å². The summed E-state index contributed by atoms with van der Waals surface area (Å²) in [5.41, 5.74) is 0. The molecule has 0 saturated heterocycles. The SMILES string of the molecule is Cc1ccc(C(C)NCC(=O)N(C)C)s1. The minimum absolute atomic E-state index is 0.107. The summed E-state index contributed by atoms with van der Waals surface area (Å²) < 4.78 is 0. The van der Waals surface area contributed by atoms with E-state index < -0.39 is 0 Å². The van der Waals surface area contributed by atoms with Crippen LogP contribution in [0.25, 0.3) is 0 Å². The van der Waals surface area contributed by atoms with Gasteiger partial charge in [-0.1, -0.05) is 0 Å². The van der Waals surface area contributed by atoms with Crippen LogP contribution >= 0.6 is 11.3 Å². The van der Waals surface area contributed by atoms with Crippen LogP contribution in [0.2, 0.25) is 0 Å². The molecule has 4 heteroatoms. The van der Waals surface area contributed by atoms with E-state index >= 15 is 0 Å². The highest BCUT2D eigenvalue weighted by Crippen LogP contribution is 2.21. The number of rotatable bonds is 4. The van der Waals surface area contributed by atoms with E-state index in [9.17, 15) is 4.79 Å². The fourth-order valence-electron chi connectivity index (χ4n) is 1.19. The number of carbonyl (C=O) groups excluding carboxylic acids is 1. The Kier molecular flexibility index (Phi) is 4.29. The smallest absolute Gasteiger partial charge is 0.236 e. The Bertz CT molecular complexity index is 333. The molecule has 0 aliphatic carbocycles. The van der Waals surface area contributed by atoms with Crippen LogP contribution in [0, 0.1) is 6.92 Å². The lowest BCUT2D eigenvalue weighted by Gasteiger charge is -2.14. The van der Waals surface area contributed by atoms with Crippen LogP contribution in [0.4, 0.5) is 0 Å². The number of nitrogens with zero attached hydrogens (tertiary/aromatic N) is 1. The third kappa shape index (κ3) is 3.64. The van der Waals surface area contributed by atoms with Crippen LogP contribution < -0.4 is 5.32 Å². The maximum atomic E-state index is 11.4. The number of carbonyl (C=O) groups is 1. The molecule has 0 radical (unpaired) electrons. The van der Waals surface area contributed by atoms with E-state index in [4.69, 9.17) is 0 Å². The Balaban J connectivity index is 2.43. The van der Waals surface area contributed by atoms with Crippen LogP contribution in [-0.2, 0) is 4.79 Å². The van der Waals surface area contributed by atoms with E-state index in [0.29, 0.717) is 6.54 Å². The van der Waals surface area contributed by atoms with Gasteiger partial charge in [-0.05, 0) is 26.0 Å². The van der Waals surface area contributed by atoms with E-state index in [1.165, 1.54) is 9.75 Å². The average molecular weight is 226 g/mol. The molecule has 15 heavy (non-hydrogen) atoms. The van der Waals surface area contributed by atoms with Gasteiger partial charge in [0.15, 0.2) is 0 Å². The van der Waals surface area contributed by atoms with E-state index in [-0.39, 0.29) is 11.9 Å². The molecule has 0 aromatic carbocycles. The van der Waals surface area contributed by atoms with Crippen LogP contribution in [-0.4, -0.2) is 31.4 Å². The molecule has 0 aliphatic heterocycles. The number of amides is 1. The monoisotopic (exact) mass is 226 g/mol. The number of nitrogens with one attached hydrogen (secondary N) is 1. The summed E-state index contributed by atoms with van der Waals surface area (Å²) in [6, 6.07) is 4.46. The van der Waals surface area contributed by atoms with Crippen molar-refractivity contribution < 1.29 is 4.79 Å². The molecule has 1 unspecified atom stereocenters. The molecule has 1 amide bonds. The first-order valence-corrected chi connectivity index (χ1v) is 5.82. The summed E-state index contributed by atoms with van der Waals surface area (Å²) >= 11 is 1.77. The van der Waals surface area contributed by atoms with Crippen LogP contribution in [0.1, 0.15) is 22.7 Å². The minimum Gasteiger partial charge on any atom is -0.348 e. The second kappa shape index (κ2) is 5.28. The van der Waals surface area contributed by atoms with Crippen LogP contribution in [0.3, 0.4) is 0 Å². The Labute approximate surface area is 95.1 Å². The molecule has 0 spiro atoms. The highest BCUT2D eigenvalue weighted by molar-refractivity contribution is 7.12. The number of hydrogen-bond acceptors (Lipinski definition) is 3. The Morgan fingerprint density at radius 1 is 1.53 bits per heavy atom. The summed E-state index contributed by atoms with van der Waals surface area (Å²) in [4.78, 5) is 15.5. The van der Waals surface area contributed by atoms with Gasteiger partial charge in [0.05, 0.1) is 6.54 Å². The molecule has 1 aromatic heterocycles. The predicted molar refractivity (Wildman–Crippen MR) is 64.2 cm³/mol. The molecular weight excluding hydrogens is 208 g/mol. The molecule has 0 bridgehead atoms. The van der Waals surface area contributed by atoms with Crippen molar-refractivity contribution in [2.75, 3.05) is 20.6 Å². The molecular formula is C11H18N2OS. The second-order valence-electron chi connectivity index (χ2n) is 3.84. The summed E-state index contributed by atoms with van der Waals surface area (Å²) in [5.74, 6) is 0.107. The Morgan fingerprint density at radius 2 is 2.20 bits per heavy atom. The Hall–Kier alpha value is -0.870. The van der Waals surface area contributed by atoms with Gasteiger partial charge in [-0.3, -0.25) is 4.79 Å². The summed E-state index contributed by atoms with van der Waals surface area (Å²) in [5, 5.41) is 3.21. The third-order valence-electron chi connectivity index (χ3n) is 2.25. The molecule has 0 saturated carbocycles. The van der Waals surface area contributed by atoms with E-state index in [2.05, 4.69) is 31.3 Å². The maximum absolute atomic E-state index is 11.4. The highest BCUT2D eigenvalue weighted by atomic mass is 32.1. The lowest BCUT2D eigenvalue weighted by Crippen LogP contribution is -2.34. The molecule has 3 nitrogen and oxygen atoms in total. The molecule has 0 fully saturated rings. The van der Waals surface area contributed by atoms with Gasteiger partial charge in [0, 0.05) is 29.9 Å². The number of likely N-dealkylation sites (N-methyl/N-ethyl adjacent to an activating group) is 1. The highest BCUT2D eigenvalue weighted by Gasteiger charge is 2.09. The lowest BCUT2D eigenvalue weighted by atomic mass is 10.2. The molecule has 1 heterocycles. The van der Waals surface area contributed by atoms with Gasteiger partial charge < -0.3 is 10.2 Å². The average Bonchev–Trinajstić information content (AvgIpc) is 2.60. The molecule has 1 N–H and O–H groups in total. The van der Waals surface area contributed by atoms with Gasteiger partial charge in [0.2, 0.25) is 5.91 Å². The summed E-state index contributed by atoms with van der Waals surface area (Å²) in [6.45, 7) is 4.56. The molecule has 1 atom stereocenters. The standard InChI is InChI=1S/C11H18N2OS/c1-8-5-6-10(15-8)9(2)12-7-11(14)13(3)4/h5-6,9,12H,7H2,1-4H3. The Morgan fingerprint density at radius 3 is 2.67 bits per heavy atom. The van der Waals surface area contributed by atoms with Gasteiger partial charge in [-0.2, -0.15) is 0 Å². The van der Waals surface area contributed by atoms with Crippen molar-refractivity contribution in [3.8, 4) is 0 Å². The lowest BCUT2D eigenvalue weighted by molar-refractivity contribution is -0.127. The van der Waals surface area contributed by atoms with Crippen molar-refractivity contribution in [2.24, 2.45) is 0 Å². The quantitative estimate of drug-likeness (QED) is 0.849. The first-order valence-electron chi connectivity index (χ1n) is 5.00. The third-order valence-corrected chi connectivity index (χ3v) is 3.43. The van der Waals surface area contributed by atoms with E-state index in [1.54, 1.807) is 30.3 Å². The number of hydrogen-bond donors (Lipinski definition) is 1. The van der Waals surface area contributed by atoms with Crippen molar-refractivity contribution in [3.63, 3.8) is 0 Å². The molecule has 1 aromatic rings. The summed E-state index contributed by atoms with van der Waals surface area (Å²) in [6.07, 6.45) is 0. The number of aryl methyl sites for hydroxylation is 1. The van der Waals surface area contributed by atoms with Gasteiger partial charge in [0.25, 0.3) is 0 Å². The first kappa shape index (κ1) is 12.2. The van der Waals surface area contributed by atoms with Crippen molar-refractivity contribution in [1.82, 2.24) is 10.2 Å². The van der Waals surface area contributed by atoms with Crippen molar-refractivity contribution >= 4 is 17.2 Å². The zero-order chi connectivity index (χ0) is 11.4. The van der Waals surface area contributed by atoms with Crippen molar-refractivity contribution in [3.05, 3.63) is 21.9 Å². The summed E-state index contributed by atoms with van der Waals surface area (Å²) in [7, 11) is 3.54. The van der Waals surface area contributed by atoms with Crippen LogP contribution in [0.5, 0.6) is 0 Å². The predicted octanol–water partition coefficient (Wildman–Crippen LogP) is 1.80. The second-order valence-corrected chi connectivity index (χ2v) is 5.16. The molecule has 1 rings (SSSR count). The fraction of sp³-hybridized carbons (Fsp3) is 0.545. The largest absolute Gasteiger partial charge is 0.348 e. The zero-order valence-electron chi connectivity index (χ0n) is 9.70. The van der Waals surface area contributed by atoms with Gasteiger partial charge in [0.1, 0.15) is 0 Å². The first-order chi connectivity index (χ1) is 7.00. The van der Waals surface area contributed by atoms with Crippen LogP contribution in [0.15, 0.2) is 12.1 Å². The number of thiophene rings is 1. The fourth-order valence-corrected chi connectivity index (χ4v) is 2.09. The molecule has 84 valence electrons. The zero-order valence-corrected chi connectivity index (χ0v) is 10.5. The maximum Gasteiger partial charge on any atom is 0.236 e. The van der Waals surface area contributed by atoms with Gasteiger partial charge >= 0.3 is 0 Å². The normalized spacial score (nSPS) is 12.5. The minimum atomic E-state index is 0.107. The van der Waals surface area contributed by atoms with E-state index in [0.717, 1.165) is 0 Å². The van der Waals surface area contributed by atoms with E-state index in [1.807, 2.05) is 0 Å². The van der Waals surface area contributed by atoms with Gasteiger partial charge in [-0.25, -0.2) is 0 Å².